The van der Waals surface area contributed by atoms with Crippen molar-refractivity contribution < 1.29 is 4.74 Å². The number of benzene rings is 1. The number of guanidine groups is 1. The molecular formula is C15H24N4O. The molecule has 5 nitrogen and oxygen atoms in total. The van der Waals surface area contributed by atoms with Crippen LogP contribution >= 0.6 is 0 Å². The fraction of sp³-hybridized carbons (Fsp3) is 0.533. The van der Waals surface area contributed by atoms with Gasteiger partial charge in [0.05, 0.1) is 7.11 Å². The smallest absolute Gasteiger partial charge is 0.191 e. The third-order valence-electron chi connectivity index (χ3n) is 3.58. The van der Waals surface area contributed by atoms with E-state index in [0.29, 0.717) is 5.96 Å². The van der Waals surface area contributed by atoms with E-state index in [1.54, 1.807) is 7.11 Å². The second-order valence-electron chi connectivity index (χ2n) is 4.94. The van der Waals surface area contributed by atoms with Crippen molar-refractivity contribution in [3.05, 3.63) is 29.8 Å². The summed E-state index contributed by atoms with van der Waals surface area (Å²) in [4.78, 5) is 8.87. The van der Waals surface area contributed by atoms with Gasteiger partial charge in [-0.1, -0.05) is 12.1 Å². The van der Waals surface area contributed by atoms with Crippen molar-refractivity contribution in [3.8, 4) is 5.75 Å². The second-order valence-corrected chi connectivity index (χ2v) is 4.94. The van der Waals surface area contributed by atoms with Gasteiger partial charge in [0.2, 0.25) is 0 Å². The summed E-state index contributed by atoms with van der Waals surface area (Å²) in [7, 11) is 1.69. The molecule has 1 fully saturated rings. The highest BCUT2D eigenvalue weighted by Crippen LogP contribution is 2.14. The van der Waals surface area contributed by atoms with Gasteiger partial charge in [0.25, 0.3) is 0 Å². The summed E-state index contributed by atoms with van der Waals surface area (Å²) >= 11 is 0. The van der Waals surface area contributed by atoms with Gasteiger partial charge in [0.1, 0.15) is 5.75 Å². The Kier molecular flexibility index (Phi) is 5.24. The first-order valence-corrected chi connectivity index (χ1v) is 7.13. The minimum absolute atomic E-state index is 0.677. The highest BCUT2D eigenvalue weighted by atomic mass is 16.5. The number of nitrogens with zero attached hydrogens (tertiary/aromatic N) is 3. The summed E-state index contributed by atoms with van der Waals surface area (Å²) in [6, 6.07) is 8.27. The topological polar surface area (TPSA) is 54.1 Å². The van der Waals surface area contributed by atoms with Crippen molar-refractivity contribution in [3.63, 3.8) is 0 Å². The van der Waals surface area contributed by atoms with Gasteiger partial charge in [0.15, 0.2) is 5.96 Å². The quantitative estimate of drug-likeness (QED) is 0.662. The molecule has 1 saturated heterocycles. The van der Waals surface area contributed by atoms with Gasteiger partial charge in [-0.2, -0.15) is 0 Å². The number of aliphatic imine (C=N–C) groups is 1. The fourth-order valence-corrected chi connectivity index (χ4v) is 2.39. The Labute approximate surface area is 121 Å². The predicted molar refractivity (Wildman–Crippen MR) is 82.0 cm³/mol. The standard InChI is InChI=1S/C15H24N4O/c1-3-17-15(16)19-10-8-18(9-11-19)12-13-4-6-14(20-2)7-5-13/h4-7H,3,8-12H2,1-2H3,(H2,16,17). The first kappa shape index (κ1) is 14.7. The van der Waals surface area contributed by atoms with Crippen LogP contribution in [0.2, 0.25) is 0 Å². The molecular weight excluding hydrogens is 252 g/mol. The molecule has 1 heterocycles. The van der Waals surface area contributed by atoms with E-state index >= 15 is 0 Å². The van der Waals surface area contributed by atoms with Crippen molar-refractivity contribution in [1.29, 1.82) is 0 Å². The Morgan fingerprint density at radius 3 is 2.40 bits per heavy atom. The fourth-order valence-electron chi connectivity index (χ4n) is 2.39. The number of nitrogens with two attached hydrogens (primary N) is 1. The highest BCUT2D eigenvalue weighted by Gasteiger charge is 2.18. The zero-order valence-corrected chi connectivity index (χ0v) is 12.4. The Morgan fingerprint density at radius 2 is 1.85 bits per heavy atom. The van der Waals surface area contributed by atoms with Gasteiger partial charge < -0.3 is 15.4 Å². The van der Waals surface area contributed by atoms with Crippen LogP contribution in [0.1, 0.15) is 12.5 Å². The Hall–Kier alpha value is -1.75. The maximum atomic E-state index is 5.93. The summed E-state index contributed by atoms with van der Waals surface area (Å²) in [5.41, 5.74) is 7.25. The zero-order valence-electron chi connectivity index (χ0n) is 12.4. The van der Waals surface area contributed by atoms with Crippen LogP contribution in [0.5, 0.6) is 5.75 Å². The van der Waals surface area contributed by atoms with Gasteiger partial charge in [-0.25, -0.2) is 0 Å². The number of rotatable bonds is 4. The molecule has 0 saturated carbocycles. The number of hydrogen-bond acceptors (Lipinski definition) is 3. The number of methoxy groups -OCH3 is 1. The molecule has 1 aromatic carbocycles. The number of ether oxygens (including phenoxy) is 1. The Bertz CT molecular complexity index is 436. The highest BCUT2D eigenvalue weighted by molar-refractivity contribution is 5.78. The van der Waals surface area contributed by atoms with Crippen LogP contribution in [-0.2, 0) is 6.54 Å². The average molecular weight is 276 g/mol. The second kappa shape index (κ2) is 7.14. The molecule has 0 radical (unpaired) electrons. The van der Waals surface area contributed by atoms with Gasteiger partial charge in [-0.15, -0.1) is 0 Å². The van der Waals surface area contributed by atoms with E-state index in [4.69, 9.17) is 10.5 Å². The molecule has 2 rings (SSSR count). The molecule has 0 bridgehead atoms. The SMILES string of the molecule is CCN=C(N)N1CCN(Cc2ccc(OC)cc2)CC1. The largest absolute Gasteiger partial charge is 0.497 e. The predicted octanol–water partition coefficient (Wildman–Crippen LogP) is 1.15. The first-order valence-electron chi connectivity index (χ1n) is 7.13. The third-order valence-corrected chi connectivity index (χ3v) is 3.58. The minimum Gasteiger partial charge on any atom is -0.497 e. The van der Waals surface area contributed by atoms with Crippen LogP contribution in [0, 0.1) is 0 Å². The summed E-state index contributed by atoms with van der Waals surface area (Å²) in [5, 5.41) is 0. The number of hydrogen-bond donors (Lipinski definition) is 1. The lowest BCUT2D eigenvalue weighted by Gasteiger charge is -2.35. The van der Waals surface area contributed by atoms with Crippen molar-refractivity contribution in [2.24, 2.45) is 10.7 Å². The van der Waals surface area contributed by atoms with Crippen LogP contribution in [0.25, 0.3) is 0 Å². The Morgan fingerprint density at radius 1 is 1.20 bits per heavy atom. The maximum absolute atomic E-state index is 5.93. The molecule has 1 aliphatic heterocycles. The van der Waals surface area contributed by atoms with Crippen molar-refractivity contribution in [2.75, 3.05) is 39.8 Å². The molecule has 110 valence electrons. The first-order chi connectivity index (χ1) is 9.72. The Balaban J connectivity index is 1.83. The zero-order chi connectivity index (χ0) is 14.4. The monoisotopic (exact) mass is 276 g/mol. The lowest BCUT2D eigenvalue weighted by molar-refractivity contribution is 0.174. The molecule has 0 amide bonds. The van der Waals surface area contributed by atoms with Crippen molar-refractivity contribution >= 4 is 5.96 Å². The van der Waals surface area contributed by atoms with E-state index in [9.17, 15) is 0 Å². The average Bonchev–Trinajstić information content (AvgIpc) is 2.49. The molecule has 5 heteroatoms. The van der Waals surface area contributed by atoms with Gasteiger partial charge in [0, 0.05) is 39.3 Å². The van der Waals surface area contributed by atoms with Crippen LogP contribution in [0.15, 0.2) is 29.3 Å². The molecule has 1 aromatic rings. The molecule has 1 aliphatic rings. The van der Waals surface area contributed by atoms with Crippen LogP contribution < -0.4 is 10.5 Å². The normalized spacial score (nSPS) is 17.3. The van der Waals surface area contributed by atoms with Crippen molar-refractivity contribution in [2.45, 2.75) is 13.5 Å². The molecule has 20 heavy (non-hydrogen) atoms. The van der Waals surface area contributed by atoms with Crippen molar-refractivity contribution in [1.82, 2.24) is 9.80 Å². The van der Waals surface area contributed by atoms with E-state index in [0.717, 1.165) is 45.0 Å². The van der Waals surface area contributed by atoms with Crippen LogP contribution in [0.3, 0.4) is 0 Å². The van der Waals surface area contributed by atoms with Gasteiger partial charge in [-0.05, 0) is 24.6 Å². The van der Waals surface area contributed by atoms with E-state index < -0.39 is 0 Å². The van der Waals surface area contributed by atoms with Crippen LogP contribution in [0.4, 0.5) is 0 Å². The minimum atomic E-state index is 0.677. The van der Waals surface area contributed by atoms with Gasteiger partial charge >= 0.3 is 0 Å². The number of piperazine rings is 1. The molecule has 0 atom stereocenters. The van der Waals surface area contributed by atoms with E-state index in [-0.39, 0.29) is 0 Å². The molecule has 0 aromatic heterocycles. The third kappa shape index (κ3) is 3.87. The van der Waals surface area contributed by atoms with E-state index in [1.165, 1.54) is 5.56 Å². The summed E-state index contributed by atoms with van der Waals surface area (Å²) in [6.07, 6.45) is 0. The summed E-state index contributed by atoms with van der Waals surface area (Å²) < 4.78 is 5.18. The lowest BCUT2D eigenvalue weighted by atomic mass is 10.2. The maximum Gasteiger partial charge on any atom is 0.191 e. The molecule has 2 N–H and O–H groups in total. The van der Waals surface area contributed by atoms with E-state index in [2.05, 4.69) is 26.9 Å². The summed E-state index contributed by atoms with van der Waals surface area (Å²) in [5.74, 6) is 1.58. The molecule has 0 unspecified atom stereocenters. The lowest BCUT2D eigenvalue weighted by Crippen LogP contribution is -2.50. The van der Waals surface area contributed by atoms with E-state index in [1.807, 2.05) is 19.1 Å². The van der Waals surface area contributed by atoms with Gasteiger partial charge in [-0.3, -0.25) is 9.89 Å². The summed E-state index contributed by atoms with van der Waals surface area (Å²) in [6.45, 7) is 7.67. The molecule has 0 spiro atoms. The molecule has 0 aliphatic carbocycles. The van der Waals surface area contributed by atoms with Crippen LogP contribution in [-0.4, -0.2) is 55.6 Å².